The fourth-order valence-electron chi connectivity index (χ4n) is 2.21. The molecule has 1 aromatic rings. The van der Waals surface area contributed by atoms with Crippen LogP contribution in [0.25, 0.3) is 0 Å². The number of carbonyl (C=O) groups excluding carboxylic acids is 1. The van der Waals surface area contributed by atoms with Crippen molar-refractivity contribution in [1.29, 1.82) is 0 Å². The Bertz CT molecular complexity index is 453. The lowest BCUT2D eigenvalue weighted by Crippen LogP contribution is -2.33. The first-order chi connectivity index (χ1) is 8.60. The molecule has 1 fully saturated rings. The molecule has 2 unspecified atom stereocenters. The maximum Gasteiger partial charge on any atom is 0.251 e. The first kappa shape index (κ1) is 13.7. The average molecular weight is 285 g/mol. The van der Waals surface area contributed by atoms with Crippen molar-refractivity contribution >= 4 is 30.3 Å². The molecule has 2 nitrogen and oxygen atoms in total. The van der Waals surface area contributed by atoms with Crippen molar-refractivity contribution in [3.05, 3.63) is 29.6 Å². The molecule has 0 spiro atoms. The summed E-state index contributed by atoms with van der Waals surface area (Å²) in [7, 11) is 0. The normalized spacial score (nSPS) is 23.1. The maximum atomic E-state index is 13.1. The Morgan fingerprint density at radius 3 is 2.89 bits per heavy atom. The summed E-state index contributed by atoms with van der Waals surface area (Å²) < 4.78 is 13.1. The molecule has 0 saturated heterocycles. The SMILES string of the molecule is CSC1CCC(NC(=O)c2ccc(F)c(S)c2)C1. The summed E-state index contributed by atoms with van der Waals surface area (Å²) in [5.41, 5.74) is 0.467. The van der Waals surface area contributed by atoms with Gasteiger partial charge in [0.1, 0.15) is 5.82 Å². The molecule has 0 bridgehead atoms. The van der Waals surface area contributed by atoms with Crippen molar-refractivity contribution in [2.75, 3.05) is 6.26 Å². The minimum Gasteiger partial charge on any atom is -0.349 e. The highest BCUT2D eigenvalue weighted by Crippen LogP contribution is 2.28. The number of amides is 1. The summed E-state index contributed by atoms with van der Waals surface area (Å²) >= 11 is 5.83. The predicted octanol–water partition coefficient (Wildman–Crippen LogP) is 3.13. The van der Waals surface area contributed by atoms with Gasteiger partial charge in [0.05, 0.1) is 0 Å². The van der Waals surface area contributed by atoms with Crippen LogP contribution in [0.4, 0.5) is 4.39 Å². The molecule has 2 rings (SSSR count). The molecule has 1 aliphatic rings. The number of halogens is 1. The molecule has 0 heterocycles. The quantitative estimate of drug-likeness (QED) is 0.836. The van der Waals surface area contributed by atoms with Crippen molar-refractivity contribution in [3.8, 4) is 0 Å². The predicted molar refractivity (Wildman–Crippen MR) is 76.1 cm³/mol. The lowest BCUT2D eigenvalue weighted by molar-refractivity contribution is 0.0937. The fourth-order valence-corrected chi connectivity index (χ4v) is 3.22. The standard InChI is InChI=1S/C13H16FNOS2/c1-18-10-4-3-9(7-10)15-13(16)8-2-5-11(14)12(17)6-8/h2,5-6,9-10,17H,3-4,7H2,1H3,(H,15,16). The number of nitrogens with one attached hydrogen (secondary N) is 1. The molecule has 0 aliphatic heterocycles. The molecular weight excluding hydrogens is 269 g/mol. The number of benzene rings is 1. The van der Waals surface area contributed by atoms with Gasteiger partial charge in [-0.1, -0.05) is 0 Å². The zero-order chi connectivity index (χ0) is 13.1. The molecule has 18 heavy (non-hydrogen) atoms. The van der Waals surface area contributed by atoms with Gasteiger partial charge in [-0.25, -0.2) is 4.39 Å². The van der Waals surface area contributed by atoms with Gasteiger partial charge in [0, 0.05) is 21.8 Å². The Hall–Kier alpha value is -0.680. The molecule has 1 aromatic carbocycles. The van der Waals surface area contributed by atoms with Gasteiger partial charge in [0.15, 0.2) is 0 Å². The van der Waals surface area contributed by atoms with Crippen molar-refractivity contribution in [2.24, 2.45) is 0 Å². The van der Waals surface area contributed by atoms with Crippen LogP contribution in [0.1, 0.15) is 29.6 Å². The monoisotopic (exact) mass is 285 g/mol. The number of thioether (sulfide) groups is 1. The molecule has 5 heteroatoms. The van der Waals surface area contributed by atoms with E-state index in [0.29, 0.717) is 10.8 Å². The summed E-state index contributed by atoms with van der Waals surface area (Å²) in [5.74, 6) is -0.546. The van der Waals surface area contributed by atoms with E-state index in [9.17, 15) is 9.18 Å². The molecule has 1 amide bonds. The van der Waals surface area contributed by atoms with E-state index < -0.39 is 5.82 Å². The Kier molecular flexibility index (Phi) is 4.56. The third-order valence-electron chi connectivity index (χ3n) is 3.26. The fraction of sp³-hybridized carbons (Fsp3) is 0.462. The lowest BCUT2D eigenvalue weighted by atomic mass is 10.2. The van der Waals surface area contributed by atoms with E-state index in [4.69, 9.17) is 0 Å². The minimum atomic E-state index is -0.404. The molecule has 2 atom stereocenters. The van der Waals surface area contributed by atoms with Crippen LogP contribution in [0.3, 0.4) is 0 Å². The Morgan fingerprint density at radius 2 is 2.28 bits per heavy atom. The van der Waals surface area contributed by atoms with Gasteiger partial charge in [0.2, 0.25) is 0 Å². The highest BCUT2D eigenvalue weighted by atomic mass is 32.2. The van der Waals surface area contributed by atoms with Gasteiger partial charge in [-0.3, -0.25) is 4.79 Å². The Balaban J connectivity index is 1.97. The van der Waals surface area contributed by atoms with Crippen LogP contribution in [0, 0.1) is 5.82 Å². The van der Waals surface area contributed by atoms with E-state index in [2.05, 4.69) is 24.2 Å². The van der Waals surface area contributed by atoms with Gasteiger partial charge >= 0.3 is 0 Å². The average Bonchev–Trinajstić information content (AvgIpc) is 2.80. The van der Waals surface area contributed by atoms with Gasteiger partial charge in [-0.05, 0) is 43.7 Å². The summed E-state index contributed by atoms with van der Waals surface area (Å²) in [5, 5.41) is 3.64. The highest BCUT2D eigenvalue weighted by Gasteiger charge is 2.25. The second kappa shape index (κ2) is 5.97. The number of rotatable bonds is 3. The molecule has 1 aliphatic carbocycles. The van der Waals surface area contributed by atoms with Crippen LogP contribution in [0.2, 0.25) is 0 Å². The zero-order valence-electron chi connectivity index (χ0n) is 10.1. The van der Waals surface area contributed by atoms with E-state index in [-0.39, 0.29) is 16.8 Å². The number of hydrogen-bond donors (Lipinski definition) is 2. The molecule has 0 radical (unpaired) electrons. The molecule has 98 valence electrons. The topological polar surface area (TPSA) is 29.1 Å². The maximum absolute atomic E-state index is 13.1. The summed E-state index contributed by atoms with van der Waals surface area (Å²) in [4.78, 5) is 12.2. The second-order valence-corrected chi connectivity index (χ2v) is 6.13. The van der Waals surface area contributed by atoms with E-state index >= 15 is 0 Å². The van der Waals surface area contributed by atoms with E-state index in [1.807, 2.05) is 11.8 Å². The highest BCUT2D eigenvalue weighted by molar-refractivity contribution is 7.99. The smallest absolute Gasteiger partial charge is 0.251 e. The van der Waals surface area contributed by atoms with Crippen LogP contribution in [0.15, 0.2) is 23.1 Å². The van der Waals surface area contributed by atoms with Gasteiger partial charge in [-0.15, -0.1) is 12.6 Å². The van der Waals surface area contributed by atoms with Gasteiger partial charge < -0.3 is 5.32 Å². The third kappa shape index (κ3) is 3.20. The summed E-state index contributed by atoms with van der Waals surface area (Å²) in [6.07, 6.45) is 5.28. The Morgan fingerprint density at radius 1 is 1.50 bits per heavy atom. The lowest BCUT2D eigenvalue weighted by Gasteiger charge is -2.13. The van der Waals surface area contributed by atoms with E-state index in [1.165, 1.54) is 18.2 Å². The van der Waals surface area contributed by atoms with E-state index in [0.717, 1.165) is 19.3 Å². The Labute approximate surface area is 116 Å². The molecule has 1 N–H and O–H groups in total. The molecule has 1 saturated carbocycles. The van der Waals surface area contributed by atoms with Crippen LogP contribution < -0.4 is 5.32 Å². The van der Waals surface area contributed by atoms with Crippen LogP contribution in [-0.4, -0.2) is 23.5 Å². The first-order valence-corrected chi connectivity index (χ1v) is 7.66. The zero-order valence-corrected chi connectivity index (χ0v) is 11.9. The van der Waals surface area contributed by atoms with Crippen LogP contribution >= 0.6 is 24.4 Å². The van der Waals surface area contributed by atoms with Crippen LogP contribution in [-0.2, 0) is 0 Å². The van der Waals surface area contributed by atoms with Crippen molar-refractivity contribution in [2.45, 2.75) is 35.4 Å². The summed E-state index contributed by atoms with van der Waals surface area (Å²) in [6.45, 7) is 0. The second-order valence-electron chi connectivity index (χ2n) is 4.51. The van der Waals surface area contributed by atoms with Crippen molar-refractivity contribution in [1.82, 2.24) is 5.32 Å². The number of carbonyl (C=O) groups is 1. The van der Waals surface area contributed by atoms with Gasteiger partial charge in [0.25, 0.3) is 5.91 Å². The van der Waals surface area contributed by atoms with Crippen LogP contribution in [0.5, 0.6) is 0 Å². The van der Waals surface area contributed by atoms with Crippen molar-refractivity contribution in [3.63, 3.8) is 0 Å². The number of thiol groups is 1. The third-order valence-corrected chi connectivity index (χ3v) is 4.70. The van der Waals surface area contributed by atoms with E-state index in [1.54, 1.807) is 0 Å². The first-order valence-electron chi connectivity index (χ1n) is 5.92. The summed E-state index contributed by atoms with van der Waals surface area (Å²) in [6, 6.07) is 4.47. The van der Waals surface area contributed by atoms with Gasteiger partial charge in [-0.2, -0.15) is 11.8 Å². The van der Waals surface area contributed by atoms with Crippen molar-refractivity contribution < 1.29 is 9.18 Å². The molecule has 0 aromatic heterocycles. The molecular formula is C13H16FNOS2. The largest absolute Gasteiger partial charge is 0.349 e. The minimum absolute atomic E-state index is 0.142. The number of hydrogen-bond acceptors (Lipinski definition) is 3.